The Bertz CT molecular complexity index is 400. The highest BCUT2D eigenvalue weighted by atomic mass is 19.4. The third kappa shape index (κ3) is 3.16. The number of anilines is 1. The maximum Gasteiger partial charge on any atom is 0.416 e. The van der Waals surface area contributed by atoms with Crippen LogP contribution in [-0.2, 0) is 12.7 Å². The van der Waals surface area contributed by atoms with E-state index in [1.807, 2.05) is 25.7 Å². The van der Waals surface area contributed by atoms with Gasteiger partial charge in [-0.1, -0.05) is 0 Å². The molecule has 0 spiro atoms. The van der Waals surface area contributed by atoms with Gasteiger partial charge >= 0.3 is 6.18 Å². The van der Waals surface area contributed by atoms with Crippen molar-refractivity contribution in [2.24, 2.45) is 5.73 Å². The Balaban J connectivity index is 3.21. The van der Waals surface area contributed by atoms with Crippen molar-refractivity contribution in [3.05, 3.63) is 29.3 Å². The van der Waals surface area contributed by atoms with E-state index < -0.39 is 11.7 Å². The number of hydrogen-bond acceptors (Lipinski definition) is 2. The summed E-state index contributed by atoms with van der Waals surface area (Å²) >= 11 is 0. The highest BCUT2D eigenvalue weighted by molar-refractivity contribution is 5.52. The average Bonchev–Trinajstić information content (AvgIpc) is 2.27. The highest BCUT2D eigenvalue weighted by Crippen LogP contribution is 2.34. The summed E-state index contributed by atoms with van der Waals surface area (Å²) in [5, 5.41) is 0. The zero-order valence-electron chi connectivity index (χ0n) is 10.9. The Morgan fingerprint density at radius 1 is 1.28 bits per heavy atom. The Morgan fingerprint density at radius 3 is 2.28 bits per heavy atom. The number of rotatable bonds is 4. The minimum atomic E-state index is -4.35. The first kappa shape index (κ1) is 14.8. The zero-order chi connectivity index (χ0) is 13.9. The fourth-order valence-corrected chi connectivity index (χ4v) is 2.05. The number of nitrogens with zero attached hydrogens (tertiary/aromatic N) is 1. The van der Waals surface area contributed by atoms with Crippen molar-refractivity contribution in [3.63, 3.8) is 0 Å². The molecular weight excluding hydrogens is 241 g/mol. The summed E-state index contributed by atoms with van der Waals surface area (Å²) in [6.07, 6.45) is -4.35. The highest BCUT2D eigenvalue weighted by Gasteiger charge is 2.33. The minimum absolute atomic E-state index is 0.113. The van der Waals surface area contributed by atoms with Crippen LogP contribution >= 0.6 is 0 Å². The molecule has 0 saturated heterocycles. The Labute approximate surface area is 106 Å². The average molecular weight is 260 g/mol. The number of nitrogens with two attached hydrogens (primary N) is 1. The molecule has 0 amide bonds. The van der Waals surface area contributed by atoms with E-state index in [4.69, 9.17) is 5.73 Å². The van der Waals surface area contributed by atoms with Crippen molar-refractivity contribution in [3.8, 4) is 0 Å². The summed E-state index contributed by atoms with van der Waals surface area (Å²) in [5.74, 6) is 0. The van der Waals surface area contributed by atoms with Gasteiger partial charge in [-0.05, 0) is 44.5 Å². The van der Waals surface area contributed by atoms with Crippen molar-refractivity contribution in [1.29, 1.82) is 0 Å². The zero-order valence-corrected chi connectivity index (χ0v) is 10.9. The molecule has 0 aliphatic carbocycles. The van der Waals surface area contributed by atoms with E-state index in [0.717, 1.165) is 18.3 Å². The molecule has 0 fully saturated rings. The fourth-order valence-electron chi connectivity index (χ4n) is 2.05. The van der Waals surface area contributed by atoms with E-state index in [-0.39, 0.29) is 18.2 Å². The van der Waals surface area contributed by atoms with Gasteiger partial charge in [-0.3, -0.25) is 0 Å². The third-order valence-corrected chi connectivity index (χ3v) is 2.91. The molecule has 1 aromatic carbocycles. The molecule has 0 aliphatic rings. The summed E-state index contributed by atoms with van der Waals surface area (Å²) in [4.78, 5) is 2.03. The number of hydrogen-bond donors (Lipinski definition) is 1. The fraction of sp³-hybridized carbons (Fsp3) is 0.538. The molecule has 0 radical (unpaired) electrons. The number of alkyl halides is 3. The molecule has 0 saturated carbocycles. The molecule has 0 aliphatic heterocycles. The van der Waals surface area contributed by atoms with Crippen LogP contribution in [0.25, 0.3) is 0 Å². The van der Waals surface area contributed by atoms with Gasteiger partial charge in [0.15, 0.2) is 0 Å². The first-order chi connectivity index (χ1) is 8.31. The van der Waals surface area contributed by atoms with Gasteiger partial charge in [0.1, 0.15) is 0 Å². The van der Waals surface area contributed by atoms with Gasteiger partial charge in [-0.2, -0.15) is 13.2 Å². The summed E-state index contributed by atoms with van der Waals surface area (Å²) in [6, 6.07) is 4.39. The molecule has 1 aromatic rings. The topological polar surface area (TPSA) is 29.3 Å². The van der Waals surface area contributed by atoms with E-state index in [9.17, 15) is 13.2 Å². The molecule has 0 aromatic heterocycles. The lowest BCUT2D eigenvalue weighted by atomic mass is 10.0. The van der Waals surface area contributed by atoms with Crippen LogP contribution in [0.5, 0.6) is 0 Å². The molecule has 2 nitrogen and oxygen atoms in total. The minimum Gasteiger partial charge on any atom is -0.369 e. The Kier molecular flexibility index (Phi) is 4.62. The van der Waals surface area contributed by atoms with Crippen molar-refractivity contribution >= 4 is 5.69 Å². The molecule has 2 N–H and O–H groups in total. The summed E-state index contributed by atoms with van der Waals surface area (Å²) in [5.41, 5.74) is 5.69. The first-order valence-corrected chi connectivity index (χ1v) is 5.98. The van der Waals surface area contributed by atoms with Gasteiger partial charge in [0.2, 0.25) is 0 Å². The number of halogens is 3. The van der Waals surface area contributed by atoms with Crippen molar-refractivity contribution in [2.45, 2.75) is 39.5 Å². The van der Waals surface area contributed by atoms with Crippen LogP contribution in [0, 0.1) is 0 Å². The monoisotopic (exact) mass is 260 g/mol. The third-order valence-electron chi connectivity index (χ3n) is 2.91. The van der Waals surface area contributed by atoms with Crippen LogP contribution in [-0.4, -0.2) is 12.6 Å². The lowest BCUT2D eigenvalue weighted by Crippen LogP contribution is -2.30. The lowest BCUT2D eigenvalue weighted by molar-refractivity contribution is -0.138. The van der Waals surface area contributed by atoms with E-state index >= 15 is 0 Å². The van der Waals surface area contributed by atoms with Gasteiger partial charge in [0, 0.05) is 24.8 Å². The van der Waals surface area contributed by atoms with Crippen LogP contribution in [0.15, 0.2) is 18.2 Å². The van der Waals surface area contributed by atoms with E-state index in [0.29, 0.717) is 0 Å². The van der Waals surface area contributed by atoms with Crippen LogP contribution in [0.4, 0.5) is 18.9 Å². The number of benzene rings is 1. The molecule has 0 heterocycles. The molecular formula is C13H19F3N2. The summed E-state index contributed by atoms with van der Waals surface area (Å²) in [6.45, 7) is 6.61. The molecule has 0 unspecified atom stereocenters. The molecule has 5 heteroatoms. The van der Waals surface area contributed by atoms with Gasteiger partial charge in [-0.25, -0.2) is 0 Å². The quantitative estimate of drug-likeness (QED) is 0.899. The smallest absolute Gasteiger partial charge is 0.369 e. The van der Waals surface area contributed by atoms with E-state index in [1.54, 1.807) is 0 Å². The molecule has 0 atom stereocenters. The molecule has 0 bridgehead atoms. The second kappa shape index (κ2) is 5.61. The first-order valence-electron chi connectivity index (χ1n) is 5.98. The Morgan fingerprint density at radius 2 is 1.89 bits per heavy atom. The van der Waals surface area contributed by atoms with E-state index in [1.165, 1.54) is 12.1 Å². The van der Waals surface area contributed by atoms with Crippen LogP contribution in [0.2, 0.25) is 0 Å². The Hall–Kier alpha value is -1.23. The van der Waals surface area contributed by atoms with Gasteiger partial charge < -0.3 is 10.6 Å². The van der Waals surface area contributed by atoms with Crippen LogP contribution in [0.3, 0.4) is 0 Å². The molecule has 1 rings (SSSR count). The second-order valence-electron chi connectivity index (χ2n) is 4.42. The predicted octanol–water partition coefficient (Wildman–Crippen LogP) is 3.40. The van der Waals surface area contributed by atoms with Gasteiger partial charge in [-0.15, -0.1) is 0 Å². The maximum atomic E-state index is 12.7. The van der Waals surface area contributed by atoms with Crippen molar-refractivity contribution < 1.29 is 13.2 Å². The standard InChI is InChI=1S/C13H19F3N2/c1-4-18(9(2)3)11-5-6-12(13(14,15)16)10(7-11)8-17/h5-7,9H,4,8,17H2,1-3H3. The van der Waals surface area contributed by atoms with Crippen LogP contribution in [0.1, 0.15) is 31.9 Å². The lowest BCUT2D eigenvalue weighted by Gasteiger charge is -2.28. The van der Waals surface area contributed by atoms with Crippen molar-refractivity contribution in [1.82, 2.24) is 0 Å². The van der Waals surface area contributed by atoms with Crippen LogP contribution < -0.4 is 10.6 Å². The van der Waals surface area contributed by atoms with E-state index in [2.05, 4.69) is 0 Å². The molecule has 102 valence electrons. The predicted molar refractivity (Wildman–Crippen MR) is 67.5 cm³/mol. The molecule has 18 heavy (non-hydrogen) atoms. The summed E-state index contributed by atoms with van der Waals surface area (Å²) in [7, 11) is 0. The SMILES string of the molecule is CCN(c1ccc(C(F)(F)F)c(CN)c1)C(C)C. The van der Waals surface area contributed by atoms with Gasteiger partial charge in [0.05, 0.1) is 5.56 Å². The largest absolute Gasteiger partial charge is 0.416 e. The normalized spacial score (nSPS) is 12.0. The maximum absolute atomic E-state index is 12.7. The second-order valence-corrected chi connectivity index (χ2v) is 4.42. The van der Waals surface area contributed by atoms with Crippen molar-refractivity contribution in [2.75, 3.05) is 11.4 Å². The summed E-state index contributed by atoms with van der Waals surface area (Å²) < 4.78 is 38.2. The van der Waals surface area contributed by atoms with Gasteiger partial charge in [0.25, 0.3) is 0 Å².